The van der Waals surface area contributed by atoms with Crippen molar-refractivity contribution in [3.05, 3.63) is 0 Å². The van der Waals surface area contributed by atoms with Crippen molar-refractivity contribution in [2.75, 3.05) is 6.54 Å². The van der Waals surface area contributed by atoms with E-state index in [9.17, 15) is 4.79 Å². The van der Waals surface area contributed by atoms with Gasteiger partial charge in [-0.25, -0.2) is 0 Å². The number of carbonyl (C=O) groups excluding carboxylic acids is 1. The van der Waals surface area contributed by atoms with Crippen molar-refractivity contribution >= 4 is 5.91 Å². The maximum absolute atomic E-state index is 11.2. The molecule has 2 rings (SSSR count). The molecule has 1 heterocycles. The van der Waals surface area contributed by atoms with Crippen LogP contribution in [0.5, 0.6) is 0 Å². The first-order chi connectivity index (χ1) is 7.03. The molecule has 1 saturated carbocycles. The van der Waals surface area contributed by atoms with Gasteiger partial charge in [-0.2, -0.15) is 0 Å². The van der Waals surface area contributed by atoms with Gasteiger partial charge >= 0.3 is 0 Å². The number of nitrogens with zero attached hydrogens (tertiary/aromatic N) is 1. The number of carbonyl (C=O) groups is 1. The second-order valence-electron chi connectivity index (χ2n) is 5.15. The van der Waals surface area contributed by atoms with E-state index in [2.05, 4.69) is 11.8 Å². The average molecular weight is 211 g/mol. The molecular formula is C11H21N3O. The zero-order valence-electron chi connectivity index (χ0n) is 9.41. The zero-order chi connectivity index (χ0) is 11.1. The van der Waals surface area contributed by atoms with Crippen molar-refractivity contribution in [1.29, 1.82) is 0 Å². The maximum Gasteiger partial charge on any atom is 0.237 e. The number of nitrogens with two attached hydrogens (primary N) is 2. The standard InChI is InChI=1S/C11H21N3O/c1-8-3-2-6-14(8)9-4-5-11(13,7-9)10(12)15/h8-9H,2-7,13H2,1H3,(H2,12,15). The third-order valence-electron chi connectivity index (χ3n) is 4.09. The van der Waals surface area contributed by atoms with Gasteiger partial charge in [0.1, 0.15) is 0 Å². The summed E-state index contributed by atoms with van der Waals surface area (Å²) in [6.45, 7) is 3.41. The van der Waals surface area contributed by atoms with Crippen molar-refractivity contribution in [3.63, 3.8) is 0 Å². The summed E-state index contributed by atoms with van der Waals surface area (Å²) in [4.78, 5) is 13.7. The number of hydrogen-bond acceptors (Lipinski definition) is 3. The van der Waals surface area contributed by atoms with Gasteiger partial charge < -0.3 is 11.5 Å². The molecule has 86 valence electrons. The molecule has 0 aromatic heterocycles. The van der Waals surface area contributed by atoms with Gasteiger partial charge in [0.2, 0.25) is 5.91 Å². The fourth-order valence-electron chi connectivity index (χ4n) is 3.05. The van der Waals surface area contributed by atoms with Gasteiger partial charge in [-0.15, -0.1) is 0 Å². The van der Waals surface area contributed by atoms with E-state index >= 15 is 0 Å². The Labute approximate surface area is 91.0 Å². The van der Waals surface area contributed by atoms with E-state index in [1.54, 1.807) is 0 Å². The summed E-state index contributed by atoms with van der Waals surface area (Å²) < 4.78 is 0. The van der Waals surface area contributed by atoms with E-state index in [1.165, 1.54) is 12.8 Å². The fraction of sp³-hybridized carbons (Fsp3) is 0.909. The molecule has 0 aromatic rings. The quantitative estimate of drug-likeness (QED) is 0.685. The van der Waals surface area contributed by atoms with E-state index in [1.807, 2.05) is 0 Å². The summed E-state index contributed by atoms with van der Waals surface area (Å²) in [5, 5.41) is 0. The van der Waals surface area contributed by atoms with Crippen LogP contribution >= 0.6 is 0 Å². The number of hydrogen-bond donors (Lipinski definition) is 2. The molecule has 0 spiro atoms. The molecule has 3 atom stereocenters. The number of primary amides is 1. The second-order valence-corrected chi connectivity index (χ2v) is 5.15. The average Bonchev–Trinajstić information content (AvgIpc) is 2.73. The monoisotopic (exact) mass is 211 g/mol. The van der Waals surface area contributed by atoms with Crippen LogP contribution in [0.25, 0.3) is 0 Å². The molecule has 1 saturated heterocycles. The summed E-state index contributed by atoms with van der Waals surface area (Å²) in [7, 11) is 0. The highest BCUT2D eigenvalue weighted by Gasteiger charge is 2.44. The minimum Gasteiger partial charge on any atom is -0.368 e. The Morgan fingerprint density at radius 2 is 2.20 bits per heavy atom. The minimum atomic E-state index is -0.743. The van der Waals surface area contributed by atoms with Crippen LogP contribution in [0.1, 0.15) is 39.0 Å². The molecular weight excluding hydrogens is 190 g/mol. The SMILES string of the molecule is CC1CCCN1C1CCC(N)(C(N)=O)C1. The van der Waals surface area contributed by atoms with Gasteiger partial charge in [0, 0.05) is 12.1 Å². The highest BCUT2D eigenvalue weighted by atomic mass is 16.1. The normalized spacial score (nSPS) is 42.3. The lowest BCUT2D eigenvalue weighted by molar-refractivity contribution is -0.123. The minimum absolute atomic E-state index is 0.336. The maximum atomic E-state index is 11.2. The van der Waals surface area contributed by atoms with Crippen LogP contribution in [0.2, 0.25) is 0 Å². The van der Waals surface area contributed by atoms with Gasteiger partial charge in [-0.05, 0) is 45.6 Å². The van der Waals surface area contributed by atoms with Crippen LogP contribution in [-0.4, -0.2) is 35.0 Å². The van der Waals surface area contributed by atoms with Crippen molar-refractivity contribution < 1.29 is 4.79 Å². The summed E-state index contributed by atoms with van der Waals surface area (Å²) in [5.41, 5.74) is 10.6. The first-order valence-corrected chi connectivity index (χ1v) is 5.87. The predicted molar refractivity (Wildman–Crippen MR) is 59.2 cm³/mol. The first kappa shape index (κ1) is 10.9. The summed E-state index contributed by atoms with van der Waals surface area (Å²) in [5.74, 6) is -0.336. The molecule has 2 aliphatic rings. The van der Waals surface area contributed by atoms with Crippen molar-refractivity contribution in [2.24, 2.45) is 11.5 Å². The molecule has 1 aliphatic heterocycles. The van der Waals surface area contributed by atoms with Crippen molar-refractivity contribution in [2.45, 2.75) is 56.7 Å². The van der Waals surface area contributed by atoms with Crippen LogP contribution in [0.3, 0.4) is 0 Å². The molecule has 4 heteroatoms. The molecule has 1 amide bonds. The summed E-state index contributed by atoms with van der Waals surface area (Å²) >= 11 is 0. The summed E-state index contributed by atoms with van der Waals surface area (Å²) in [6, 6.07) is 1.12. The number of rotatable bonds is 2. The lowest BCUT2D eigenvalue weighted by Gasteiger charge is -2.29. The predicted octanol–water partition coefficient (Wildman–Crippen LogP) is 0.206. The van der Waals surface area contributed by atoms with Crippen LogP contribution < -0.4 is 11.5 Å². The lowest BCUT2D eigenvalue weighted by Crippen LogP contribution is -2.51. The van der Waals surface area contributed by atoms with E-state index in [4.69, 9.17) is 11.5 Å². The smallest absolute Gasteiger partial charge is 0.237 e. The van der Waals surface area contributed by atoms with Crippen LogP contribution in [-0.2, 0) is 4.79 Å². The Hall–Kier alpha value is -0.610. The Kier molecular flexibility index (Phi) is 2.73. The molecule has 3 unspecified atom stereocenters. The molecule has 0 aromatic carbocycles. The largest absolute Gasteiger partial charge is 0.368 e. The molecule has 1 aliphatic carbocycles. The lowest BCUT2D eigenvalue weighted by atomic mass is 9.98. The van der Waals surface area contributed by atoms with E-state index < -0.39 is 5.54 Å². The van der Waals surface area contributed by atoms with Gasteiger partial charge in [-0.3, -0.25) is 9.69 Å². The Morgan fingerprint density at radius 1 is 1.47 bits per heavy atom. The third kappa shape index (κ3) is 1.88. The molecule has 4 nitrogen and oxygen atoms in total. The topological polar surface area (TPSA) is 72.3 Å². The highest BCUT2D eigenvalue weighted by molar-refractivity contribution is 5.84. The fourth-order valence-corrected chi connectivity index (χ4v) is 3.05. The van der Waals surface area contributed by atoms with Gasteiger partial charge in [0.25, 0.3) is 0 Å². The number of amides is 1. The molecule has 2 fully saturated rings. The van der Waals surface area contributed by atoms with Gasteiger partial charge in [-0.1, -0.05) is 0 Å². The molecule has 0 radical (unpaired) electrons. The van der Waals surface area contributed by atoms with E-state index in [0.29, 0.717) is 12.1 Å². The van der Waals surface area contributed by atoms with Crippen LogP contribution in [0.4, 0.5) is 0 Å². The zero-order valence-corrected chi connectivity index (χ0v) is 9.41. The van der Waals surface area contributed by atoms with E-state index in [0.717, 1.165) is 25.8 Å². The molecule has 0 bridgehead atoms. The van der Waals surface area contributed by atoms with Crippen molar-refractivity contribution in [1.82, 2.24) is 4.90 Å². The van der Waals surface area contributed by atoms with Gasteiger partial charge in [0.15, 0.2) is 0 Å². The molecule has 4 N–H and O–H groups in total. The van der Waals surface area contributed by atoms with Gasteiger partial charge in [0.05, 0.1) is 5.54 Å². The van der Waals surface area contributed by atoms with E-state index in [-0.39, 0.29) is 5.91 Å². The number of likely N-dealkylation sites (tertiary alicyclic amines) is 1. The Morgan fingerprint density at radius 3 is 2.67 bits per heavy atom. The Balaban J connectivity index is 2.00. The Bertz CT molecular complexity index is 269. The highest BCUT2D eigenvalue weighted by Crippen LogP contribution is 2.34. The van der Waals surface area contributed by atoms with Crippen molar-refractivity contribution in [3.8, 4) is 0 Å². The van der Waals surface area contributed by atoms with Crippen LogP contribution in [0, 0.1) is 0 Å². The second kappa shape index (κ2) is 3.76. The van der Waals surface area contributed by atoms with Crippen LogP contribution in [0.15, 0.2) is 0 Å². The molecule has 15 heavy (non-hydrogen) atoms. The summed E-state index contributed by atoms with van der Waals surface area (Å²) in [6.07, 6.45) is 5.04. The first-order valence-electron chi connectivity index (χ1n) is 5.87. The third-order valence-corrected chi connectivity index (χ3v) is 4.09.